The second kappa shape index (κ2) is 11.4. The summed E-state index contributed by atoms with van der Waals surface area (Å²) in [5.74, 6) is 0.533. The van der Waals surface area contributed by atoms with E-state index < -0.39 is 5.97 Å². The number of hydrogen-bond donors (Lipinski definition) is 0. The Bertz CT molecular complexity index is 1570. The third-order valence-corrected chi connectivity index (χ3v) is 8.40. The molecular weight excluding hydrogens is 559 g/mol. The number of hydrogen-bond acceptors (Lipinski definition) is 7. The monoisotopic (exact) mass is 584 g/mol. The maximum Gasteiger partial charge on any atom is 0.340 e. The van der Waals surface area contributed by atoms with E-state index in [0.717, 1.165) is 26.2 Å². The summed E-state index contributed by atoms with van der Waals surface area (Å²) in [7, 11) is 3.13. The molecule has 0 radical (unpaired) electrons. The summed E-state index contributed by atoms with van der Waals surface area (Å²) in [6.45, 7) is 2.91. The van der Waals surface area contributed by atoms with Gasteiger partial charge >= 0.3 is 5.97 Å². The zero-order valence-corrected chi connectivity index (χ0v) is 24.0. The standard InChI is InChI=1S/C29H26Cl2N2O5S/c1-4-38-29(35)26-20(14-30)32-27-25(24(26)17-7-10-21(36-2)22(13-17)37-3)19-15-33(12-11-23(19)39-27)28(34)16-5-8-18(31)9-6-16/h5-10,13H,4,11-12,14-15H2,1-3H3. The fraction of sp³-hybridized carbons (Fsp3) is 0.276. The van der Waals surface area contributed by atoms with Gasteiger partial charge in [-0.1, -0.05) is 17.7 Å². The smallest absolute Gasteiger partial charge is 0.340 e. The molecule has 0 bridgehead atoms. The van der Waals surface area contributed by atoms with Crippen LogP contribution in [0.3, 0.4) is 0 Å². The second-order valence-corrected chi connectivity index (χ2v) is 10.7. The van der Waals surface area contributed by atoms with Gasteiger partial charge in [-0.2, -0.15) is 0 Å². The number of ether oxygens (including phenoxy) is 3. The molecule has 7 nitrogen and oxygen atoms in total. The molecule has 2 aromatic carbocycles. The largest absolute Gasteiger partial charge is 0.493 e. The molecule has 0 saturated carbocycles. The van der Waals surface area contributed by atoms with Gasteiger partial charge in [-0.05, 0) is 60.9 Å². The molecule has 0 unspecified atom stereocenters. The lowest BCUT2D eigenvalue weighted by atomic mass is 9.92. The van der Waals surface area contributed by atoms with E-state index in [-0.39, 0.29) is 18.4 Å². The molecule has 39 heavy (non-hydrogen) atoms. The molecule has 0 fully saturated rings. The lowest BCUT2D eigenvalue weighted by Gasteiger charge is -2.28. The molecule has 2 aromatic heterocycles. The number of benzene rings is 2. The summed E-state index contributed by atoms with van der Waals surface area (Å²) < 4.78 is 16.5. The van der Waals surface area contributed by atoms with Crippen LogP contribution in [0.4, 0.5) is 0 Å². The number of fused-ring (bicyclic) bond motifs is 3. The number of methoxy groups -OCH3 is 2. The molecule has 0 atom stereocenters. The van der Waals surface area contributed by atoms with Gasteiger partial charge in [0, 0.05) is 39.5 Å². The van der Waals surface area contributed by atoms with Crippen LogP contribution in [0.1, 0.15) is 43.8 Å². The Morgan fingerprint density at radius 3 is 2.49 bits per heavy atom. The number of esters is 1. The minimum absolute atomic E-state index is 0.0358. The molecule has 0 saturated heterocycles. The van der Waals surface area contributed by atoms with Crippen molar-refractivity contribution in [3.8, 4) is 22.6 Å². The number of rotatable bonds is 7. The average molecular weight is 586 g/mol. The number of aromatic nitrogens is 1. The third kappa shape index (κ3) is 5.04. The summed E-state index contributed by atoms with van der Waals surface area (Å²) in [5, 5.41) is 1.39. The maximum absolute atomic E-state index is 13.4. The first-order chi connectivity index (χ1) is 18.9. The first kappa shape index (κ1) is 27.2. The second-order valence-electron chi connectivity index (χ2n) is 8.90. The molecule has 202 valence electrons. The highest BCUT2D eigenvalue weighted by Gasteiger charge is 2.31. The quantitative estimate of drug-likeness (QED) is 0.177. The van der Waals surface area contributed by atoms with Gasteiger partial charge in [-0.15, -0.1) is 22.9 Å². The van der Waals surface area contributed by atoms with E-state index in [1.807, 2.05) is 17.0 Å². The van der Waals surface area contributed by atoms with E-state index >= 15 is 0 Å². The minimum atomic E-state index is -0.503. The first-order valence-corrected chi connectivity index (χ1v) is 14.1. The molecule has 3 heterocycles. The van der Waals surface area contributed by atoms with E-state index in [0.29, 0.717) is 58.4 Å². The van der Waals surface area contributed by atoms with E-state index in [1.165, 1.54) is 0 Å². The van der Waals surface area contributed by atoms with Crippen molar-refractivity contribution in [2.45, 2.75) is 25.8 Å². The Labute approximate surface area is 240 Å². The number of alkyl halides is 1. The van der Waals surface area contributed by atoms with Crippen LogP contribution in [0.25, 0.3) is 21.3 Å². The first-order valence-electron chi connectivity index (χ1n) is 12.4. The molecule has 0 aliphatic carbocycles. The number of halogens is 2. The van der Waals surface area contributed by atoms with Gasteiger partial charge in [0.15, 0.2) is 11.5 Å². The van der Waals surface area contributed by atoms with Crippen LogP contribution in [0.5, 0.6) is 11.5 Å². The van der Waals surface area contributed by atoms with Crippen LogP contribution in [0, 0.1) is 0 Å². The fourth-order valence-electron chi connectivity index (χ4n) is 4.91. The summed E-state index contributed by atoms with van der Waals surface area (Å²) in [6.07, 6.45) is 0.673. The highest BCUT2D eigenvalue weighted by atomic mass is 35.5. The highest BCUT2D eigenvalue weighted by Crippen LogP contribution is 2.45. The molecule has 1 aliphatic rings. The molecule has 1 amide bonds. The summed E-state index contributed by atoms with van der Waals surface area (Å²) in [6, 6.07) is 12.4. The molecule has 5 rings (SSSR count). The minimum Gasteiger partial charge on any atom is -0.493 e. The van der Waals surface area contributed by atoms with Crippen LogP contribution >= 0.6 is 34.5 Å². The molecule has 1 aliphatic heterocycles. The van der Waals surface area contributed by atoms with Crippen molar-refractivity contribution < 1.29 is 23.8 Å². The Hall–Kier alpha value is -3.33. The molecule has 10 heteroatoms. The highest BCUT2D eigenvalue weighted by molar-refractivity contribution is 7.19. The van der Waals surface area contributed by atoms with Gasteiger partial charge in [-0.25, -0.2) is 9.78 Å². The Morgan fingerprint density at radius 1 is 1.08 bits per heavy atom. The predicted octanol–water partition coefficient (Wildman–Crippen LogP) is 6.75. The third-order valence-electron chi connectivity index (χ3n) is 6.71. The number of pyridine rings is 1. The van der Waals surface area contributed by atoms with Gasteiger partial charge in [0.1, 0.15) is 4.83 Å². The van der Waals surface area contributed by atoms with Crippen molar-refractivity contribution in [3.63, 3.8) is 0 Å². The fourth-order valence-corrected chi connectivity index (χ4v) is 6.43. The zero-order chi connectivity index (χ0) is 27.7. The van der Waals surface area contributed by atoms with E-state index in [9.17, 15) is 9.59 Å². The van der Waals surface area contributed by atoms with Gasteiger partial charge < -0.3 is 19.1 Å². The van der Waals surface area contributed by atoms with Crippen molar-refractivity contribution >= 4 is 56.6 Å². The molecule has 4 aromatic rings. The van der Waals surface area contributed by atoms with Gasteiger partial charge in [0.05, 0.1) is 38.0 Å². The average Bonchev–Trinajstić information content (AvgIpc) is 3.33. The van der Waals surface area contributed by atoms with Crippen molar-refractivity contribution in [1.82, 2.24) is 9.88 Å². The Kier molecular flexibility index (Phi) is 7.98. The normalized spacial score (nSPS) is 12.8. The predicted molar refractivity (Wildman–Crippen MR) is 154 cm³/mol. The number of carbonyl (C=O) groups excluding carboxylic acids is 2. The Morgan fingerprint density at radius 2 is 1.82 bits per heavy atom. The Balaban J connectivity index is 1.73. The van der Waals surface area contributed by atoms with E-state index in [4.69, 9.17) is 42.4 Å². The summed E-state index contributed by atoms with van der Waals surface area (Å²) in [4.78, 5) is 35.3. The van der Waals surface area contributed by atoms with Crippen LogP contribution in [-0.4, -0.2) is 49.1 Å². The summed E-state index contributed by atoms with van der Waals surface area (Å²) >= 11 is 13.9. The van der Waals surface area contributed by atoms with E-state index in [2.05, 4.69) is 0 Å². The maximum atomic E-state index is 13.4. The SMILES string of the molecule is CCOC(=O)c1c(CCl)nc2sc3c(c2c1-c1ccc(OC)c(OC)c1)CN(C(=O)c1ccc(Cl)cc1)CC3. The van der Waals surface area contributed by atoms with Crippen molar-refractivity contribution in [2.75, 3.05) is 27.4 Å². The van der Waals surface area contributed by atoms with E-state index in [1.54, 1.807) is 62.8 Å². The lowest BCUT2D eigenvalue weighted by Crippen LogP contribution is -2.35. The van der Waals surface area contributed by atoms with Crippen LogP contribution < -0.4 is 9.47 Å². The number of carbonyl (C=O) groups is 2. The molecular formula is C29H26Cl2N2O5S. The number of amides is 1. The van der Waals surface area contributed by atoms with Crippen molar-refractivity contribution in [1.29, 1.82) is 0 Å². The van der Waals surface area contributed by atoms with Gasteiger partial charge in [-0.3, -0.25) is 4.79 Å². The van der Waals surface area contributed by atoms with Crippen LogP contribution in [0.2, 0.25) is 5.02 Å². The topological polar surface area (TPSA) is 78.0 Å². The van der Waals surface area contributed by atoms with Crippen molar-refractivity contribution in [3.05, 3.63) is 74.7 Å². The van der Waals surface area contributed by atoms with Gasteiger partial charge in [0.25, 0.3) is 5.91 Å². The van der Waals surface area contributed by atoms with Crippen molar-refractivity contribution in [2.24, 2.45) is 0 Å². The van der Waals surface area contributed by atoms with Gasteiger partial charge in [0.2, 0.25) is 0 Å². The van der Waals surface area contributed by atoms with Crippen LogP contribution in [-0.2, 0) is 23.6 Å². The molecule has 0 spiro atoms. The van der Waals surface area contributed by atoms with Crippen LogP contribution in [0.15, 0.2) is 42.5 Å². The molecule has 0 N–H and O–H groups in total. The number of nitrogens with zero attached hydrogens (tertiary/aromatic N) is 2. The summed E-state index contributed by atoms with van der Waals surface area (Å²) in [5.41, 5.74) is 3.68. The lowest BCUT2D eigenvalue weighted by molar-refractivity contribution is 0.0525. The number of thiophene rings is 1. The zero-order valence-electron chi connectivity index (χ0n) is 21.7.